The van der Waals surface area contributed by atoms with Crippen LogP contribution in [-0.2, 0) is 20.1 Å². The van der Waals surface area contributed by atoms with Gasteiger partial charge in [-0.25, -0.2) is 9.18 Å². The van der Waals surface area contributed by atoms with Crippen LogP contribution >= 0.6 is 0 Å². The highest BCUT2D eigenvalue weighted by atomic mass is 19.1. The van der Waals surface area contributed by atoms with E-state index in [1.54, 1.807) is 12.1 Å². The van der Waals surface area contributed by atoms with E-state index in [4.69, 9.17) is 5.73 Å². The Hall–Kier alpha value is -3.69. The molecule has 0 unspecified atom stereocenters. The molecule has 1 aliphatic carbocycles. The van der Waals surface area contributed by atoms with Gasteiger partial charge in [-0.1, -0.05) is 12.1 Å². The SMILES string of the molecule is Cn1c(N)c(NC(=O)c2cnn(Cc3cccc(F)c3)c2)c(=O)n(CC2CC2)c1=O. The molecule has 0 atom stereocenters. The van der Waals surface area contributed by atoms with Crippen molar-refractivity contribution in [1.82, 2.24) is 18.9 Å². The van der Waals surface area contributed by atoms with E-state index in [0.717, 1.165) is 22.0 Å². The monoisotopic (exact) mass is 412 g/mol. The molecule has 2 heterocycles. The second-order valence-electron chi connectivity index (χ2n) is 7.47. The van der Waals surface area contributed by atoms with Crippen LogP contribution in [0.4, 0.5) is 15.9 Å². The normalized spacial score (nSPS) is 13.4. The second-order valence-corrected chi connectivity index (χ2v) is 7.47. The number of nitrogens with two attached hydrogens (primary N) is 1. The predicted octanol–water partition coefficient (Wildman–Crippen LogP) is 1.18. The van der Waals surface area contributed by atoms with Crippen LogP contribution in [0.25, 0.3) is 0 Å². The number of carbonyl (C=O) groups is 1. The van der Waals surface area contributed by atoms with Crippen molar-refractivity contribution in [3.05, 3.63) is 74.4 Å². The van der Waals surface area contributed by atoms with E-state index in [2.05, 4.69) is 10.4 Å². The minimum Gasteiger partial charge on any atom is -0.383 e. The van der Waals surface area contributed by atoms with E-state index in [0.29, 0.717) is 18.0 Å². The molecule has 0 aliphatic heterocycles. The first-order valence-corrected chi connectivity index (χ1v) is 9.51. The standard InChI is InChI=1S/C20H21FN6O3/c1-25-17(22)16(19(29)27(20(25)30)10-12-5-6-12)24-18(28)14-8-23-26(11-14)9-13-3-2-4-15(21)7-13/h2-4,7-8,11-12H,5-6,9-10,22H2,1H3,(H,24,28). The molecule has 3 N–H and O–H groups in total. The maximum absolute atomic E-state index is 13.3. The average molecular weight is 412 g/mol. The van der Waals surface area contributed by atoms with E-state index in [9.17, 15) is 18.8 Å². The van der Waals surface area contributed by atoms with Gasteiger partial charge in [0.05, 0.1) is 18.3 Å². The molecule has 1 fully saturated rings. The number of benzene rings is 1. The largest absolute Gasteiger partial charge is 0.383 e. The summed E-state index contributed by atoms with van der Waals surface area (Å²) in [5.41, 5.74) is 5.55. The Bertz CT molecular complexity index is 1240. The molecule has 9 nitrogen and oxygen atoms in total. The lowest BCUT2D eigenvalue weighted by Gasteiger charge is -2.14. The zero-order valence-corrected chi connectivity index (χ0v) is 16.3. The summed E-state index contributed by atoms with van der Waals surface area (Å²) in [5, 5.41) is 6.62. The fourth-order valence-corrected chi connectivity index (χ4v) is 3.20. The van der Waals surface area contributed by atoms with Crippen LogP contribution in [0.3, 0.4) is 0 Å². The highest BCUT2D eigenvalue weighted by Gasteiger charge is 2.26. The van der Waals surface area contributed by atoms with Crippen molar-refractivity contribution in [3.63, 3.8) is 0 Å². The van der Waals surface area contributed by atoms with Crippen LogP contribution in [-0.4, -0.2) is 24.8 Å². The van der Waals surface area contributed by atoms with Crippen molar-refractivity contribution >= 4 is 17.4 Å². The third-order valence-electron chi connectivity index (χ3n) is 5.10. The summed E-state index contributed by atoms with van der Waals surface area (Å²) in [4.78, 5) is 37.8. The third kappa shape index (κ3) is 3.88. The fourth-order valence-electron chi connectivity index (χ4n) is 3.20. The lowest BCUT2D eigenvalue weighted by Crippen LogP contribution is -2.42. The van der Waals surface area contributed by atoms with Crippen molar-refractivity contribution in [1.29, 1.82) is 0 Å². The summed E-state index contributed by atoms with van der Waals surface area (Å²) in [7, 11) is 1.45. The number of halogens is 1. The van der Waals surface area contributed by atoms with Gasteiger partial charge in [-0.15, -0.1) is 0 Å². The quantitative estimate of drug-likeness (QED) is 0.630. The molecule has 0 spiro atoms. The van der Waals surface area contributed by atoms with Crippen molar-refractivity contribution in [2.24, 2.45) is 13.0 Å². The van der Waals surface area contributed by atoms with Crippen molar-refractivity contribution < 1.29 is 9.18 Å². The second kappa shape index (κ2) is 7.62. The van der Waals surface area contributed by atoms with Gasteiger partial charge in [-0.2, -0.15) is 5.10 Å². The highest BCUT2D eigenvalue weighted by Crippen LogP contribution is 2.29. The topological polar surface area (TPSA) is 117 Å². The van der Waals surface area contributed by atoms with Crippen LogP contribution < -0.4 is 22.3 Å². The van der Waals surface area contributed by atoms with Crippen LogP contribution in [0, 0.1) is 11.7 Å². The number of aromatic nitrogens is 4. The third-order valence-corrected chi connectivity index (χ3v) is 5.10. The predicted molar refractivity (Wildman–Crippen MR) is 109 cm³/mol. The summed E-state index contributed by atoms with van der Waals surface area (Å²) >= 11 is 0. The van der Waals surface area contributed by atoms with Crippen LogP contribution in [0.1, 0.15) is 28.8 Å². The minimum absolute atomic E-state index is 0.113. The first-order chi connectivity index (χ1) is 14.3. The van der Waals surface area contributed by atoms with E-state index < -0.39 is 17.2 Å². The molecular formula is C20H21FN6O3. The molecular weight excluding hydrogens is 391 g/mol. The van der Waals surface area contributed by atoms with Crippen LogP contribution in [0.15, 0.2) is 46.2 Å². The van der Waals surface area contributed by atoms with Gasteiger partial charge in [-0.3, -0.25) is 23.4 Å². The first-order valence-electron chi connectivity index (χ1n) is 9.51. The Balaban J connectivity index is 1.57. The number of anilines is 2. The van der Waals surface area contributed by atoms with E-state index in [-0.39, 0.29) is 29.4 Å². The molecule has 1 amide bonds. The van der Waals surface area contributed by atoms with Gasteiger partial charge in [0, 0.05) is 19.8 Å². The number of nitrogens with one attached hydrogen (secondary N) is 1. The Morgan fingerprint density at radius 2 is 2.10 bits per heavy atom. The fraction of sp³-hybridized carbons (Fsp3) is 0.300. The summed E-state index contributed by atoms with van der Waals surface area (Å²) in [5.74, 6) is -0.757. The lowest BCUT2D eigenvalue weighted by atomic mass is 10.2. The number of amides is 1. The van der Waals surface area contributed by atoms with Gasteiger partial charge in [-0.05, 0) is 36.5 Å². The number of rotatable bonds is 6. The van der Waals surface area contributed by atoms with Crippen LogP contribution in [0.2, 0.25) is 0 Å². The molecule has 156 valence electrons. The maximum Gasteiger partial charge on any atom is 0.332 e. The molecule has 1 aliphatic rings. The number of carbonyl (C=O) groups excluding carboxylic acids is 1. The Labute approximate surface area is 170 Å². The summed E-state index contributed by atoms with van der Waals surface area (Å²) in [6.07, 6.45) is 4.76. The number of hydrogen-bond acceptors (Lipinski definition) is 5. The van der Waals surface area contributed by atoms with Gasteiger partial charge < -0.3 is 11.1 Å². The summed E-state index contributed by atoms with van der Waals surface area (Å²) in [6, 6.07) is 6.07. The van der Waals surface area contributed by atoms with Gasteiger partial charge in [0.25, 0.3) is 11.5 Å². The molecule has 1 aromatic carbocycles. The average Bonchev–Trinajstić information content (AvgIpc) is 3.42. The van der Waals surface area contributed by atoms with Gasteiger partial charge in [0.2, 0.25) is 0 Å². The first kappa shape index (κ1) is 19.6. The van der Waals surface area contributed by atoms with Gasteiger partial charge >= 0.3 is 5.69 Å². The van der Waals surface area contributed by atoms with Gasteiger partial charge in [0.1, 0.15) is 17.3 Å². The summed E-state index contributed by atoms with van der Waals surface area (Å²) in [6.45, 7) is 0.585. The molecule has 30 heavy (non-hydrogen) atoms. The Morgan fingerprint density at radius 1 is 1.33 bits per heavy atom. The molecule has 10 heteroatoms. The van der Waals surface area contributed by atoms with E-state index >= 15 is 0 Å². The number of nitrogen functional groups attached to an aromatic ring is 1. The molecule has 0 radical (unpaired) electrons. The Kier molecular flexibility index (Phi) is 4.98. The van der Waals surface area contributed by atoms with Crippen LogP contribution in [0.5, 0.6) is 0 Å². The number of hydrogen-bond donors (Lipinski definition) is 2. The highest BCUT2D eigenvalue weighted by molar-refractivity contribution is 6.05. The Morgan fingerprint density at radius 3 is 2.80 bits per heavy atom. The zero-order chi connectivity index (χ0) is 21.4. The smallest absolute Gasteiger partial charge is 0.332 e. The van der Waals surface area contributed by atoms with Crippen molar-refractivity contribution in [3.8, 4) is 0 Å². The zero-order valence-electron chi connectivity index (χ0n) is 16.3. The molecule has 0 bridgehead atoms. The molecule has 2 aromatic heterocycles. The van der Waals surface area contributed by atoms with Gasteiger partial charge in [0.15, 0.2) is 0 Å². The molecule has 3 aromatic rings. The summed E-state index contributed by atoms with van der Waals surface area (Å²) < 4.78 is 17.1. The minimum atomic E-state index is -0.622. The van der Waals surface area contributed by atoms with Crippen molar-refractivity contribution in [2.45, 2.75) is 25.9 Å². The van der Waals surface area contributed by atoms with E-state index in [1.807, 2.05) is 0 Å². The lowest BCUT2D eigenvalue weighted by molar-refractivity contribution is 0.102. The number of nitrogens with zero attached hydrogens (tertiary/aromatic N) is 4. The van der Waals surface area contributed by atoms with Crippen molar-refractivity contribution in [2.75, 3.05) is 11.1 Å². The maximum atomic E-state index is 13.3. The van der Waals surface area contributed by atoms with E-state index in [1.165, 1.54) is 36.3 Å². The molecule has 0 saturated heterocycles. The molecule has 4 rings (SSSR count). The molecule has 1 saturated carbocycles.